The van der Waals surface area contributed by atoms with E-state index in [0.717, 1.165) is 48.8 Å². The van der Waals surface area contributed by atoms with Crippen LogP contribution in [0.1, 0.15) is 24.4 Å². The lowest BCUT2D eigenvalue weighted by Gasteiger charge is -2.32. The van der Waals surface area contributed by atoms with Crippen LogP contribution in [0, 0.1) is 12.8 Å². The molecule has 1 fully saturated rings. The van der Waals surface area contributed by atoms with Crippen molar-refractivity contribution in [2.45, 2.75) is 26.3 Å². The molecule has 8 nitrogen and oxygen atoms in total. The molecule has 5 rings (SSSR count). The lowest BCUT2D eigenvalue weighted by Crippen LogP contribution is -2.40. The summed E-state index contributed by atoms with van der Waals surface area (Å²) < 4.78 is 7.27. The van der Waals surface area contributed by atoms with Crippen molar-refractivity contribution in [3.63, 3.8) is 0 Å². The second-order valence-corrected chi connectivity index (χ2v) is 8.42. The van der Waals surface area contributed by atoms with E-state index in [1.165, 1.54) is 0 Å². The second-order valence-electron chi connectivity index (χ2n) is 7.98. The zero-order valence-electron chi connectivity index (χ0n) is 17.7. The summed E-state index contributed by atoms with van der Waals surface area (Å²) in [5.74, 6) is 3.20. The highest BCUT2D eigenvalue weighted by Crippen LogP contribution is 2.25. The van der Waals surface area contributed by atoms with Crippen molar-refractivity contribution in [2.75, 3.05) is 18.0 Å². The van der Waals surface area contributed by atoms with Gasteiger partial charge in [0.1, 0.15) is 17.3 Å². The first kappa shape index (κ1) is 20.5. The first-order valence-corrected chi connectivity index (χ1v) is 11.0. The van der Waals surface area contributed by atoms with E-state index in [4.69, 9.17) is 21.1 Å². The Kier molecular flexibility index (Phi) is 5.53. The highest BCUT2D eigenvalue weighted by molar-refractivity contribution is 6.30. The monoisotopic (exact) mass is 450 g/mol. The van der Waals surface area contributed by atoms with Crippen LogP contribution in [0.2, 0.25) is 5.02 Å². The topological polar surface area (TPSA) is 88.6 Å². The maximum atomic E-state index is 12.6. The number of halogens is 1. The van der Waals surface area contributed by atoms with Crippen LogP contribution in [0.25, 0.3) is 17.0 Å². The quantitative estimate of drug-likeness (QED) is 0.496. The number of aryl methyl sites for hydroxylation is 1. The molecule has 1 saturated heterocycles. The zero-order valence-corrected chi connectivity index (χ0v) is 18.4. The smallest absolute Gasteiger partial charge is 0.223 e. The number of nitrogens with one attached hydrogen (secondary N) is 1. The lowest BCUT2D eigenvalue weighted by atomic mass is 9.96. The Balaban J connectivity index is 1.25. The third kappa shape index (κ3) is 4.18. The maximum Gasteiger partial charge on any atom is 0.223 e. The van der Waals surface area contributed by atoms with Gasteiger partial charge in [-0.1, -0.05) is 11.6 Å². The minimum Gasteiger partial charge on any atom is -0.465 e. The van der Waals surface area contributed by atoms with E-state index < -0.39 is 0 Å². The van der Waals surface area contributed by atoms with Gasteiger partial charge in [-0.05, 0) is 68.3 Å². The van der Waals surface area contributed by atoms with E-state index in [0.29, 0.717) is 23.0 Å². The number of nitrogens with zero attached hydrogens (tertiary/aromatic N) is 5. The number of furan rings is 1. The summed E-state index contributed by atoms with van der Waals surface area (Å²) in [7, 11) is 0. The molecule has 164 valence electrons. The number of carbonyl (C=O) groups excluding carboxylic acids is 1. The summed E-state index contributed by atoms with van der Waals surface area (Å²) in [6.45, 7) is 3.83. The molecule has 0 radical (unpaired) electrons. The van der Waals surface area contributed by atoms with Crippen molar-refractivity contribution < 1.29 is 9.21 Å². The molecule has 1 N–H and O–H groups in total. The first-order chi connectivity index (χ1) is 15.6. The fraction of sp³-hybridized carbons (Fsp3) is 0.304. The summed E-state index contributed by atoms with van der Waals surface area (Å²) in [6.07, 6.45) is 1.55. The summed E-state index contributed by atoms with van der Waals surface area (Å²) in [4.78, 5) is 14.8. The van der Waals surface area contributed by atoms with Gasteiger partial charge in [0.15, 0.2) is 11.5 Å². The normalized spacial score (nSPS) is 14.8. The average molecular weight is 451 g/mol. The molecule has 0 unspecified atom stereocenters. The maximum absolute atomic E-state index is 12.6. The number of carbonyl (C=O) groups is 1. The Hall–Kier alpha value is -3.39. The molecular formula is C23H23ClN6O2. The molecule has 0 aliphatic carbocycles. The van der Waals surface area contributed by atoms with Gasteiger partial charge in [0.05, 0.1) is 6.54 Å². The van der Waals surface area contributed by atoms with Crippen LogP contribution >= 0.6 is 11.6 Å². The van der Waals surface area contributed by atoms with Crippen LogP contribution in [-0.4, -0.2) is 38.8 Å². The van der Waals surface area contributed by atoms with Gasteiger partial charge < -0.3 is 14.6 Å². The molecule has 0 atom stereocenters. The molecule has 3 aromatic heterocycles. The third-order valence-corrected chi connectivity index (χ3v) is 6.03. The molecule has 1 aliphatic rings. The third-order valence-electron chi connectivity index (χ3n) is 5.77. The summed E-state index contributed by atoms with van der Waals surface area (Å²) in [5, 5.41) is 17.0. The predicted octanol–water partition coefficient (Wildman–Crippen LogP) is 3.88. The van der Waals surface area contributed by atoms with Gasteiger partial charge in [0, 0.05) is 29.6 Å². The van der Waals surface area contributed by atoms with Gasteiger partial charge in [0.2, 0.25) is 5.91 Å². The second kappa shape index (κ2) is 8.63. The molecule has 32 heavy (non-hydrogen) atoms. The van der Waals surface area contributed by atoms with Crippen molar-refractivity contribution in [1.82, 2.24) is 25.1 Å². The van der Waals surface area contributed by atoms with E-state index in [-0.39, 0.29) is 11.8 Å². The van der Waals surface area contributed by atoms with E-state index in [2.05, 4.69) is 20.4 Å². The Morgan fingerprint density at radius 2 is 1.88 bits per heavy atom. The number of rotatable bonds is 5. The zero-order chi connectivity index (χ0) is 22.1. The molecular weight excluding hydrogens is 428 g/mol. The highest BCUT2D eigenvalue weighted by Gasteiger charge is 2.26. The van der Waals surface area contributed by atoms with Gasteiger partial charge in [0.25, 0.3) is 0 Å². The fourth-order valence-corrected chi connectivity index (χ4v) is 4.12. The highest BCUT2D eigenvalue weighted by atomic mass is 35.5. The van der Waals surface area contributed by atoms with Crippen LogP contribution in [-0.2, 0) is 11.3 Å². The van der Waals surface area contributed by atoms with E-state index in [9.17, 15) is 4.79 Å². The van der Waals surface area contributed by atoms with E-state index in [1.807, 2.05) is 55.5 Å². The van der Waals surface area contributed by atoms with E-state index >= 15 is 0 Å². The van der Waals surface area contributed by atoms with Crippen LogP contribution in [0.5, 0.6) is 0 Å². The minimum absolute atomic E-state index is 0.00872. The van der Waals surface area contributed by atoms with Crippen LogP contribution in [0.3, 0.4) is 0 Å². The number of amides is 1. The number of hydrogen-bond donors (Lipinski definition) is 1. The van der Waals surface area contributed by atoms with Gasteiger partial charge >= 0.3 is 0 Å². The van der Waals surface area contributed by atoms with Gasteiger partial charge in [-0.3, -0.25) is 4.79 Å². The van der Waals surface area contributed by atoms with Crippen molar-refractivity contribution >= 4 is 29.0 Å². The van der Waals surface area contributed by atoms with Gasteiger partial charge in [-0.25, -0.2) is 0 Å². The number of benzene rings is 1. The Bertz CT molecular complexity index is 1240. The van der Waals surface area contributed by atoms with Crippen LogP contribution < -0.4 is 10.2 Å². The SMILES string of the molecule is Cc1ccc(CNC(=O)C2CCN(c3ccc4nnc(-c5ccc(Cl)cc5)n4n3)CC2)o1. The fourth-order valence-electron chi connectivity index (χ4n) is 4.00. The van der Waals surface area contributed by atoms with E-state index in [1.54, 1.807) is 4.52 Å². The predicted molar refractivity (Wildman–Crippen MR) is 121 cm³/mol. The molecule has 1 aliphatic heterocycles. The molecule has 4 aromatic rings. The number of hydrogen-bond acceptors (Lipinski definition) is 6. The standard InChI is InChI=1S/C23H23ClN6O2/c1-15-2-7-19(32-15)14-25-23(31)17-10-12-29(13-11-17)21-9-8-20-26-27-22(30(20)28-21)16-3-5-18(24)6-4-16/h2-9,17H,10-14H2,1H3,(H,25,31). The lowest BCUT2D eigenvalue weighted by molar-refractivity contribution is -0.125. The Morgan fingerprint density at radius 3 is 2.59 bits per heavy atom. The van der Waals surface area contributed by atoms with Gasteiger partial charge in [-0.2, -0.15) is 4.52 Å². The van der Waals surface area contributed by atoms with Gasteiger partial charge in [-0.15, -0.1) is 15.3 Å². The molecule has 1 amide bonds. The molecule has 1 aromatic carbocycles. The van der Waals surface area contributed by atoms with Crippen molar-refractivity contribution in [3.8, 4) is 11.4 Å². The van der Waals surface area contributed by atoms with Crippen molar-refractivity contribution in [1.29, 1.82) is 0 Å². The molecule has 9 heteroatoms. The first-order valence-electron chi connectivity index (χ1n) is 10.6. The minimum atomic E-state index is -0.00872. The summed E-state index contributed by atoms with van der Waals surface area (Å²) >= 11 is 6.01. The number of fused-ring (bicyclic) bond motifs is 1. The average Bonchev–Trinajstić information content (AvgIpc) is 3.43. The Morgan fingerprint density at radius 1 is 1.09 bits per heavy atom. The summed E-state index contributed by atoms with van der Waals surface area (Å²) in [6, 6.07) is 15.1. The number of piperidine rings is 1. The van der Waals surface area contributed by atoms with Crippen LogP contribution in [0.4, 0.5) is 5.82 Å². The van der Waals surface area contributed by atoms with Crippen LogP contribution in [0.15, 0.2) is 52.9 Å². The Labute approximate surface area is 190 Å². The molecule has 0 saturated carbocycles. The summed E-state index contributed by atoms with van der Waals surface area (Å²) in [5.41, 5.74) is 1.58. The number of anilines is 1. The molecule has 0 bridgehead atoms. The molecule has 4 heterocycles. The largest absolute Gasteiger partial charge is 0.465 e. The van der Waals surface area contributed by atoms with Crippen molar-refractivity contribution in [3.05, 3.63) is 65.1 Å². The van der Waals surface area contributed by atoms with Crippen molar-refractivity contribution in [2.24, 2.45) is 5.92 Å². The number of aromatic nitrogens is 4. The molecule has 0 spiro atoms.